The Labute approximate surface area is 223 Å². The molecule has 1 aliphatic rings. The predicted molar refractivity (Wildman–Crippen MR) is 136 cm³/mol. The highest BCUT2D eigenvalue weighted by atomic mass is 32.2. The fourth-order valence-corrected chi connectivity index (χ4v) is 5.19. The molecular formula is C24H27FN8O5S. The van der Waals surface area contributed by atoms with Gasteiger partial charge >= 0.3 is 6.01 Å². The maximum absolute atomic E-state index is 15.1. The van der Waals surface area contributed by atoms with Crippen LogP contribution in [0.4, 0.5) is 10.4 Å². The monoisotopic (exact) mass is 558 g/mol. The number of imidazole rings is 1. The van der Waals surface area contributed by atoms with Gasteiger partial charge in [0.15, 0.2) is 17.0 Å². The number of nitrogens with zero attached hydrogens (tertiary/aromatic N) is 7. The van der Waals surface area contributed by atoms with Gasteiger partial charge in [-0.25, -0.2) is 27.5 Å². The zero-order valence-electron chi connectivity index (χ0n) is 21.5. The van der Waals surface area contributed by atoms with Gasteiger partial charge in [-0.15, -0.1) is 0 Å². The molecule has 1 aliphatic heterocycles. The molecule has 0 spiro atoms. The van der Waals surface area contributed by atoms with Crippen LogP contribution < -0.4 is 14.4 Å². The lowest BCUT2D eigenvalue weighted by Crippen LogP contribution is -2.38. The second-order valence-electron chi connectivity index (χ2n) is 9.36. The zero-order valence-corrected chi connectivity index (χ0v) is 22.4. The zero-order chi connectivity index (χ0) is 27.7. The van der Waals surface area contributed by atoms with Crippen LogP contribution in [-0.4, -0.2) is 63.2 Å². The van der Waals surface area contributed by atoms with Crippen molar-refractivity contribution in [3.63, 3.8) is 0 Å². The van der Waals surface area contributed by atoms with Gasteiger partial charge < -0.3 is 14.2 Å². The third-order valence-electron chi connectivity index (χ3n) is 6.30. The molecule has 5 rings (SSSR count). The smallest absolute Gasteiger partial charge is 0.324 e. The Hall–Kier alpha value is -4.14. The fraction of sp³-hybridized carbons (Fsp3) is 0.417. The van der Waals surface area contributed by atoms with Crippen LogP contribution in [0.15, 0.2) is 40.3 Å². The van der Waals surface area contributed by atoms with Gasteiger partial charge in [0.05, 0.1) is 10.6 Å². The molecule has 0 aliphatic carbocycles. The van der Waals surface area contributed by atoms with E-state index in [2.05, 4.69) is 25.1 Å². The molecule has 1 N–H and O–H groups in total. The lowest BCUT2D eigenvalue weighted by Gasteiger charge is -2.30. The van der Waals surface area contributed by atoms with Crippen LogP contribution in [0.1, 0.15) is 51.8 Å². The molecule has 0 radical (unpaired) electrons. The fourth-order valence-electron chi connectivity index (χ4n) is 4.12. The second-order valence-corrected chi connectivity index (χ2v) is 11.0. The van der Waals surface area contributed by atoms with Crippen LogP contribution >= 0.6 is 0 Å². The average Bonchev–Trinajstić information content (AvgIpc) is 3.58. The number of carbonyl (C=O) groups is 1. The van der Waals surface area contributed by atoms with Crippen LogP contribution in [0.5, 0.6) is 5.88 Å². The molecular weight excluding hydrogens is 531 g/mol. The summed E-state index contributed by atoms with van der Waals surface area (Å²) >= 11 is 0. The van der Waals surface area contributed by atoms with E-state index in [1.807, 2.05) is 23.5 Å². The first kappa shape index (κ1) is 26.5. The predicted octanol–water partition coefficient (Wildman–Crippen LogP) is 2.72. The van der Waals surface area contributed by atoms with E-state index in [9.17, 15) is 13.2 Å². The number of piperidine rings is 1. The molecule has 39 heavy (non-hydrogen) atoms. The van der Waals surface area contributed by atoms with E-state index >= 15 is 4.39 Å². The summed E-state index contributed by atoms with van der Waals surface area (Å²) in [6.07, 6.45) is 3.87. The van der Waals surface area contributed by atoms with E-state index in [1.165, 1.54) is 36.3 Å². The maximum Gasteiger partial charge on any atom is 0.324 e. The van der Waals surface area contributed by atoms with Crippen molar-refractivity contribution in [3.05, 3.63) is 42.5 Å². The molecule has 0 saturated carbocycles. The van der Waals surface area contributed by atoms with Crippen molar-refractivity contribution in [1.82, 2.24) is 34.4 Å². The van der Waals surface area contributed by atoms with Crippen molar-refractivity contribution in [1.29, 1.82) is 0 Å². The number of nitrogens with one attached hydrogen (secondary N) is 1. The lowest BCUT2D eigenvalue weighted by molar-refractivity contribution is -0.119. The molecule has 3 aromatic heterocycles. The first-order chi connectivity index (χ1) is 18.7. The number of hydrogen-bond donors (Lipinski definition) is 1. The number of carbonyl (C=O) groups excluding carboxylic acids is 1. The van der Waals surface area contributed by atoms with E-state index in [0.29, 0.717) is 48.9 Å². The number of aromatic nitrogens is 6. The van der Waals surface area contributed by atoms with Gasteiger partial charge in [0.1, 0.15) is 24.6 Å². The minimum Gasteiger partial charge on any atom is -0.473 e. The largest absolute Gasteiger partial charge is 0.473 e. The summed E-state index contributed by atoms with van der Waals surface area (Å²) in [5.74, 6) is -0.422. The van der Waals surface area contributed by atoms with Crippen molar-refractivity contribution in [2.45, 2.75) is 57.0 Å². The number of sulfonamides is 1. The van der Waals surface area contributed by atoms with Gasteiger partial charge in [-0.1, -0.05) is 25.9 Å². The molecule has 4 aromatic rings. The Morgan fingerprint density at radius 3 is 2.67 bits per heavy atom. The summed E-state index contributed by atoms with van der Waals surface area (Å²) in [6, 6.07) is 3.82. The number of benzene rings is 1. The summed E-state index contributed by atoms with van der Waals surface area (Å²) in [5.41, 5.74) is 0.652. The summed E-state index contributed by atoms with van der Waals surface area (Å²) in [7, 11) is -4.20. The van der Waals surface area contributed by atoms with E-state index < -0.39 is 21.7 Å². The summed E-state index contributed by atoms with van der Waals surface area (Å²) in [5, 5.41) is 4.02. The molecule has 4 heterocycles. The first-order valence-electron chi connectivity index (χ1n) is 12.4. The van der Waals surface area contributed by atoms with Gasteiger partial charge in [-0.05, 0) is 18.2 Å². The number of amides is 1. The molecule has 0 bridgehead atoms. The summed E-state index contributed by atoms with van der Waals surface area (Å²) in [6.45, 7) is 6.83. The third kappa shape index (κ3) is 5.39. The highest BCUT2D eigenvalue weighted by molar-refractivity contribution is 7.90. The van der Waals surface area contributed by atoms with E-state index in [0.717, 1.165) is 6.07 Å². The minimum absolute atomic E-state index is 0.0246. The molecule has 15 heteroatoms. The molecule has 0 unspecified atom stereocenters. The van der Waals surface area contributed by atoms with Crippen molar-refractivity contribution in [2.75, 3.05) is 18.0 Å². The highest BCUT2D eigenvalue weighted by Gasteiger charge is 2.26. The number of anilines is 1. The SMILES string of the molecule is CCC(=O)NS(=O)(=O)c1ccc(-n2cnc3c(OC4CCN(c5nc(C(C)C)no5)CC4)ncnc32)c(F)c1. The van der Waals surface area contributed by atoms with Gasteiger partial charge in [0, 0.05) is 38.3 Å². The molecule has 206 valence electrons. The lowest BCUT2D eigenvalue weighted by atomic mass is 10.1. The molecule has 1 fully saturated rings. The molecule has 0 atom stereocenters. The standard InChI is InChI=1S/C24H27FN8O5S/c1-4-19(34)31-39(35,36)16-5-6-18(17(25)11-16)33-13-28-20-22(33)26-12-27-23(20)37-15-7-9-32(10-8-15)24-29-21(14(2)3)30-38-24/h5-6,11-15H,4,7-10H2,1-3H3,(H,31,34). The summed E-state index contributed by atoms with van der Waals surface area (Å²) < 4.78 is 54.6. The van der Waals surface area contributed by atoms with Crippen molar-refractivity contribution >= 4 is 33.1 Å². The number of ether oxygens (including phenoxy) is 1. The topological polar surface area (TPSA) is 158 Å². The van der Waals surface area contributed by atoms with Crippen molar-refractivity contribution in [3.8, 4) is 11.6 Å². The Bertz CT molecular complexity index is 1610. The number of hydrogen-bond acceptors (Lipinski definition) is 11. The van der Waals surface area contributed by atoms with Crippen molar-refractivity contribution < 1.29 is 26.9 Å². The average molecular weight is 559 g/mol. The van der Waals surface area contributed by atoms with Gasteiger partial charge in [0.25, 0.3) is 10.0 Å². The molecule has 13 nitrogen and oxygen atoms in total. The van der Waals surface area contributed by atoms with Crippen molar-refractivity contribution in [2.24, 2.45) is 0 Å². The van der Waals surface area contributed by atoms with Gasteiger partial charge in [0.2, 0.25) is 11.8 Å². The number of rotatable bonds is 8. The van der Waals surface area contributed by atoms with Gasteiger partial charge in [-0.2, -0.15) is 9.97 Å². The van der Waals surface area contributed by atoms with Crippen LogP contribution in [0, 0.1) is 5.82 Å². The van der Waals surface area contributed by atoms with E-state index in [1.54, 1.807) is 0 Å². The minimum atomic E-state index is -4.20. The molecule has 1 aromatic carbocycles. The Kier molecular flexibility index (Phi) is 7.16. The Morgan fingerprint density at radius 1 is 1.23 bits per heavy atom. The molecule has 1 amide bonds. The Balaban J connectivity index is 1.32. The van der Waals surface area contributed by atoms with Crippen LogP contribution in [-0.2, 0) is 14.8 Å². The van der Waals surface area contributed by atoms with Gasteiger partial charge in [-0.3, -0.25) is 9.36 Å². The quantitative estimate of drug-likeness (QED) is 0.339. The first-order valence-corrected chi connectivity index (χ1v) is 13.9. The summed E-state index contributed by atoms with van der Waals surface area (Å²) in [4.78, 5) is 30.4. The van der Waals surface area contributed by atoms with Crippen LogP contribution in [0.25, 0.3) is 16.9 Å². The number of halogens is 1. The van der Waals surface area contributed by atoms with E-state index in [-0.39, 0.29) is 34.9 Å². The van der Waals surface area contributed by atoms with Crippen LogP contribution in [0.2, 0.25) is 0 Å². The Morgan fingerprint density at radius 2 is 2.00 bits per heavy atom. The maximum atomic E-state index is 15.1. The normalized spacial score (nSPS) is 14.7. The van der Waals surface area contributed by atoms with E-state index in [4.69, 9.17) is 9.26 Å². The number of fused-ring (bicyclic) bond motifs is 1. The molecule has 1 saturated heterocycles. The third-order valence-corrected chi connectivity index (χ3v) is 7.67. The van der Waals surface area contributed by atoms with Crippen LogP contribution in [0.3, 0.4) is 0 Å². The second kappa shape index (κ2) is 10.6. The highest BCUT2D eigenvalue weighted by Crippen LogP contribution is 2.28.